The van der Waals surface area contributed by atoms with Gasteiger partial charge in [-0.15, -0.1) is 0 Å². The lowest BCUT2D eigenvalue weighted by Crippen LogP contribution is -2.47. The maximum atomic E-state index is 13.1. The second kappa shape index (κ2) is 29.6. The lowest BCUT2D eigenvalue weighted by Gasteiger charge is -2.20. The first-order chi connectivity index (χ1) is 25.1. The molecule has 0 saturated carbocycles. The van der Waals surface area contributed by atoms with Gasteiger partial charge in [0.1, 0.15) is 11.8 Å². The van der Waals surface area contributed by atoms with Gasteiger partial charge in [0.2, 0.25) is 65.3 Å². The molecular weight excluding hydrogens is 681 g/mol. The number of nitrogens with one attached hydrogen (secondary N) is 7. The summed E-state index contributed by atoms with van der Waals surface area (Å²) in [5.41, 5.74) is -0.361. The number of nitrogens with zero attached hydrogens (tertiary/aromatic N) is 1. The fourth-order valence-corrected chi connectivity index (χ4v) is 5.12. The van der Waals surface area contributed by atoms with Crippen molar-refractivity contribution < 1.29 is 38.4 Å². The summed E-state index contributed by atoms with van der Waals surface area (Å²) >= 11 is 0. The molecule has 0 fully saturated rings. The number of unbranched alkanes of at least 4 members (excludes halogenated alkanes) is 6. The molecule has 0 aliphatic carbocycles. The van der Waals surface area contributed by atoms with E-state index in [-0.39, 0.29) is 78.6 Å². The first kappa shape index (κ1) is 49.1. The predicted octanol–water partition coefficient (Wildman–Crippen LogP) is -2.42. The van der Waals surface area contributed by atoms with Crippen LogP contribution in [0.5, 0.6) is 0 Å². The van der Waals surface area contributed by atoms with Gasteiger partial charge < -0.3 is 37.0 Å². The summed E-state index contributed by atoms with van der Waals surface area (Å²) in [5, 5.41) is 18.9. The summed E-state index contributed by atoms with van der Waals surface area (Å²) in [6, 6.07) is -0.725. The van der Waals surface area contributed by atoms with Crippen LogP contribution >= 0.6 is 0 Å². The molecule has 1 atom stereocenters. The number of hydrogen-bond acceptors (Lipinski definition) is 9. The van der Waals surface area contributed by atoms with Crippen molar-refractivity contribution in [1.29, 1.82) is 0 Å². The number of ketones is 1. The van der Waals surface area contributed by atoms with Gasteiger partial charge in [0, 0.05) is 50.7 Å². The van der Waals surface area contributed by atoms with Gasteiger partial charge in [-0.3, -0.25) is 43.3 Å². The molecule has 0 unspecified atom stereocenters. The monoisotopic (exact) mass is 747 g/mol. The molecule has 0 saturated heterocycles. The zero-order valence-electron chi connectivity index (χ0n) is 33.1. The van der Waals surface area contributed by atoms with Crippen molar-refractivity contribution in [2.45, 2.75) is 123 Å². The molecular formula is C34H65B3N8O8. The molecule has 0 heterocycles. The lowest BCUT2D eigenvalue weighted by molar-refractivity contribution is -0.129. The maximum absolute atomic E-state index is 13.1. The van der Waals surface area contributed by atoms with Gasteiger partial charge in [0.05, 0.1) is 19.6 Å². The Morgan fingerprint density at radius 1 is 0.491 bits per heavy atom. The quantitative estimate of drug-likeness (QED) is 0.0307. The largest absolute Gasteiger partial charge is 0.406 e. The SMILES string of the molecule is BNC(=O)CCCCC(=O)NCCCC[C@H](NC(=O)CCCCCNC(=O)CN(CC(=O)NB)CC(=O)NB)C(=O)NCCCCCC(=O)C(C)(C)C. The van der Waals surface area contributed by atoms with Gasteiger partial charge in [-0.25, -0.2) is 0 Å². The third-order valence-electron chi connectivity index (χ3n) is 8.51. The Morgan fingerprint density at radius 2 is 0.925 bits per heavy atom. The molecule has 0 aromatic rings. The first-order valence-electron chi connectivity index (χ1n) is 19.1. The number of amides is 7. The molecule has 7 N–H and O–H groups in total. The zero-order valence-corrected chi connectivity index (χ0v) is 33.1. The van der Waals surface area contributed by atoms with Crippen LogP contribution in [0.1, 0.15) is 117 Å². The van der Waals surface area contributed by atoms with E-state index in [4.69, 9.17) is 0 Å². The van der Waals surface area contributed by atoms with Crippen LogP contribution in [0.15, 0.2) is 0 Å². The molecule has 19 heteroatoms. The molecule has 16 nitrogen and oxygen atoms in total. The van der Waals surface area contributed by atoms with E-state index in [0.29, 0.717) is 90.3 Å². The van der Waals surface area contributed by atoms with E-state index in [1.165, 1.54) is 20.9 Å². The van der Waals surface area contributed by atoms with Gasteiger partial charge in [-0.05, 0) is 57.8 Å². The summed E-state index contributed by atoms with van der Waals surface area (Å²) in [4.78, 5) is 98.8. The molecule has 0 aliphatic heterocycles. The molecule has 0 aliphatic rings. The minimum absolute atomic E-state index is 0.0500. The van der Waals surface area contributed by atoms with Crippen LogP contribution in [0.4, 0.5) is 0 Å². The van der Waals surface area contributed by atoms with Crippen LogP contribution < -0.4 is 37.0 Å². The maximum Gasteiger partial charge on any atom is 0.242 e. The molecule has 298 valence electrons. The third kappa shape index (κ3) is 27.4. The third-order valence-corrected chi connectivity index (χ3v) is 8.51. The summed E-state index contributed by atoms with van der Waals surface area (Å²) < 4.78 is 0. The zero-order chi connectivity index (χ0) is 40.1. The van der Waals surface area contributed by atoms with Gasteiger partial charge in [0.15, 0.2) is 0 Å². The van der Waals surface area contributed by atoms with Crippen molar-refractivity contribution in [1.82, 2.24) is 41.9 Å². The van der Waals surface area contributed by atoms with E-state index in [2.05, 4.69) is 37.0 Å². The lowest BCUT2D eigenvalue weighted by atomic mass is 9.88. The van der Waals surface area contributed by atoms with Crippen molar-refractivity contribution in [2.24, 2.45) is 5.41 Å². The van der Waals surface area contributed by atoms with E-state index in [0.717, 1.165) is 19.3 Å². The van der Waals surface area contributed by atoms with E-state index in [1.54, 1.807) is 7.98 Å². The van der Waals surface area contributed by atoms with Crippen LogP contribution in [0.2, 0.25) is 0 Å². The average molecular weight is 746 g/mol. The molecule has 0 aromatic heterocycles. The molecule has 0 spiro atoms. The van der Waals surface area contributed by atoms with Crippen molar-refractivity contribution in [3.63, 3.8) is 0 Å². The minimum Gasteiger partial charge on any atom is -0.406 e. The van der Waals surface area contributed by atoms with Gasteiger partial charge in [0.25, 0.3) is 0 Å². The van der Waals surface area contributed by atoms with Crippen LogP contribution in [0.3, 0.4) is 0 Å². The average Bonchev–Trinajstić information content (AvgIpc) is 3.11. The Kier molecular flexibility index (Phi) is 27.4. The Hall–Kier alpha value is -3.89. The predicted molar refractivity (Wildman–Crippen MR) is 211 cm³/mol. The summed E-state index contributed by atoms with van der Waals surface area (Å²) in [6.45, 7) is 6.67. The fourth-order valence-electron chi connectivity index (χ4n) is 5.12. The summed E-state index contributed by atoms with van der Waals surface area (Å²) in [6.07, 6.45) is 8.45. The second-order valence-corrected chi connectivity index (χ2v) is 14.3. The smallest absolute Gasteiger partial charge is 0.242 e. The second-order valence-electron chi connectivity index (χ2n) is 14.3. The molecule has 0 aromatic carbocycles. The minimum atomic E-state index is -0.725. The van der Waals surface area contributed by atoms with Crippen molar-refractivity contribution in [2.75, 3.05) is 39.3 Å². The van der Waals surface area contributed by atoms with Crippen molar-refractivity contribution in [3.8, 4) is 0 Å². The Balaban J connectivity index is 4.73. The number of Topliss-reactive ketones (excluding diaryl/α,β-unsaturated/α-hetero) is 1. The van der Waals surface area contributed by atoms with Crippen LogP contribution in [0, 0.1) is 5.41 Å². The highest BCUT2D eigenvalue weighted by Gasteiger charge is 2.22. The van der Waals surface area contributed by atoms with E-state index in [9.17, 15) is 38.4 Å². The molecule has 0 bridgehead atoms. The Labute approximate surface area is 318 Å². The number of carbonyl (C=O) groups excluding carboxylic acids is 8. The molecule has 0 rings (SSSR count). The Bertz CT molecular complexity index is 1160. The van der Waals surface area contributed by atoms with Crippen molar-refractivity contribution in [3.05, 3.63) is 0 Å². The highest BCUT2D eigenvalue weighted by molar-refractivity contribution is 6.15. The van der Waals surface area contributed by atoms with Gasteiger partial charge in [-0.1, -0.05) is 33.6 Å². The van der Waals surface area contributed by atoms with Gasteiger partial charge >= 0.3 is 0 Å². The van der Waals surface area contributed by atoms with Crippen molar-refractivity contribution >= 4 is 71.1 Å². The normalized spacial score (nSPS) is 11.5. The van der Waals surface area contributed by atoms with E-state index >= 15 is 0 Å². The number of carbonyl (C=O) groups is 8. The van der Waals surface area contributed by atoms with Crippen LogP contribution in [-0.2, 0) is 38.4 Å². The van der Waals surface area contributed by atoms with Gasteiger partial charge in [-0.2, -0.15) is 0 Å². The molecule has 53 heavy (non-hydrogen) atoms. The molecule has 7 amide bonds. The molecule has 0 radical (unpaired) electrons. The van der Waals surface area contributed by atoms with E-state index in [1.807, 2.05) is 20.8 Å². The summed E-state index contributed by atoms with van der Waals surface area (Å²) in [5.74, 6) is -1.39. The highest BCUT2D eigenvalue weighted by Crippen LogP contribution is 2.18. The van der Waals surface area contributed by atoms with E-state index < -0.39 is 6.04 Å². The fraction of sp³-hybridized carbons (Fsp3) is 0.765. The topological polar surface area (TPSA) is 224 Å². The van der Waals surface area contributed by atoms with Crippen LogP contribution in [-0.4, -0.2) is 121 Å². The number of rotatable bonds is 30. The first-order valence-corrected chi connectivity index (χ1v) is 19.1. The highest BCUT2D eigenvalue weighted by atomic mass is 16.2. The standard InChI is InChI=1S/C34H65B3N8O8/c1-34(2,3)26(46)15-6-4-12-21-40-33(53)25(14-10-13-20-38-27(47)16-8-9-18-29(49)42-35)41-28(48)17-7-5-11-19-39-30(50)22-45(23-31(51)43-36)24-32(52)44-37/h25H,4-24,35-37H2,1-3H3,(H,38,47)(H,39,50)(H,40,53)(H,41,48)(H,42,49)(H,43,51)(H,44,52)/t25-/m0/s1. The van der Waals surface area contributed by atoms with Crippen LogP contribution in [0.25, 0.3) is 0 Å². The summed E-state index contributed by atoms with van der Waals surface area (Å²) in [7, 11) is 4.54. The number of hydrogen-bond donors (Lipinski definition) is 7. The Morgan fingerprint density at radius 3 is 1.47 bits per heavy atom.